The Morgan fingerprint density at radius 3 is 2.64 bits per heavy atom. The second-order valence-electron chi connectivity index (χ2n) is 7.17. The summed E-state index contributed by atoms with van der Waals surface area (Å²) in [5.41, 5.74) is 0.646. The molecule has 25 heavy (non-hydrogen) atoms. The summed E-state index contributed by atoms with van der Waals surface area (Å²) >= 11 is 0. The Morgan fingerprint density at radius 1 is 1.12 bits per heavy atom. The molecule has 3 amide bonds. The second-order valence-corrected chi connectivity index (χ2v) is 7.17. The Bertz CT molecular complexity index is 572. The first-order chi connectivity index (χ1) is 12.2. The van der Waals surface area contributed by atoms with Crippen molar-refractivity contribution in [2.45, 2.75) is 51.0 Å². The lowest BCUT2D eigenvalue weighted by atomic mass is 9.87. The third-order valence-electron chi connectivity index (χ3n) is 5.30. The van der Waals surface area contributed by atoms with Crippen molar-refractivity contribution in [3.8, 4) is 0 Å². The number of rotatable bonds is 5. The highest BCUT2D eigenvalue weighted by Crippen LogP contribution is 2.25. The first-order valence-electron chi connectivity index (χ1n) is 9.46. The number of amides is 3. The lowest BCUT2D eigenvalue weighted by Crippen LogP contribution is -2.44. The number of aromatic nitrogens is 1. The molecule has 6 nitrogen and oxygen atoms in total. The molecule has 0 spiro atoms. The van der Waals surface area contributed by atoms with Gasteiger partial charge in [0.1, 0.15) is 0 Å². The number of nitrogens with one attached hydrogen (secondary N) is 2. The number of carbonyl (C=O) groups is 2. The molecule has 2 fully saturated rings. The van der Waals surface area contributed by atoms with E-state index in [1.807, 2.05) is 0 Å². The monoisotopic (exact) mass is 344 g/mol. The summed E-state index contributed by atoms with van der Waals surface area (Å²) < 4.78 is 0. The van der Waals surface area contributed by atoms with Gasteiger partial charge in [-0.3, -0.25) is 9.78 Å². The smallest absolute Gasteiger partial charge is 0.315 e. The van der Waals surface area contributed by atoms with E-state index in [9.17, 15) is 9.59 Å². The van der Waals surface area contributed by atoms with E-state index in [4.69, 9.17) is 0 Å². The SMILES string of the molecule is O=C(NCCC1CCCCC1)N[C@H]1CCN(C(=O)c2ccncc2)C1. The highest BCUT2D eigenvalue weighted by molar-refractivity contribution is 5.94. The van der Waals surface area contributed by atoms with Gasteiger partial charge in [-0.05, 0) is 30.9 Å². The lowest BCUT2D eigenvalue weighted by Gasteiger charge is -2.22. The van der Waals surface area contributed by atoms with Crippen LogP contribution in [0.4, 0.5) is 4.79 Å². The van der Waals surface area contributed by atoms with Gasteiger partial charge in [-0.25, -0.2) is 4.79 Å². The topological polar surface area (TPSA) is 74.3 Å². The van der Waals surface area contributed by atoms with Gasteiger partial charge in [0.2, 0.25) is 0 Å². The van der Waals surface area contributed by atoms with Gasteiger partial charge >= 0.3 is 6.03 Å². The molecule has 1 aromatic rings. The van der Waals surface area contributed by atoms with Crippen LogP contribution in [0.5, 0.6) is 0 Å². The van der Waals surface area contributed by atoms with Crippen molar-refractivity contribution in [3.05, 3.63) is 30.1 Å². The summed E-state index contributed by atoms with van der Waals surface area (Å²) in [5, 5.41) is 5.97. The van der Waals surface area contributed by atoms with Crippen molar-refractivity contribution >= 4 is 11.9 Å². The summed E-state index contributed by atoms with van der Waals surface area (Å²) in [4.78, 5) is 30.2. The standard InChI is InChI=1S/C19H28N4O2/c24-18(16-7-10-20-11-8-16)23-13-9-17(14-23)22-19(25)21-12-6-15-4-2-1-3-5-15/h7-8,10-11,15,17H,1-6,9,12-14H2,(H2,21,22,25)/t17-/m0/s1. The molecular formula is C19H28N4O2. The number of pyridine rings is 1. The molecule has 1 saturated heterocycles. The molecule has 0 aromatic carbocycles. The van der Waals surface area contributed by atoms with Crippen LogP contribution in [-0.4, -0.2) is 47.5 Å². The number of hydrogen-bond acceptors (Lipinski definition) is 3. The van der Waals surface area contributed by atoms with Gasteiger partial charge < -0.3 is 15.5 Å². The summed E-state index contributed by atoms with van der Waals surface area (Å²) in [6, 6.07) is 3.36. The molecule has 1 saturated carbocycles. The molecule has 1 aliphatic carbocycles. The minimum atomic E-state index is -0.112. The first-order valence-corrected chi connectivity index (χ1v) is 9.46. The van der Waals surface area contributed by atoms with E-state index >= 15 is 0 Å². The van der Waals surface area contributed by atoms with Crippen molar-refractivity contribution in [2.24, 2.45) is 5.92 Å². The third kappa shape index (κ3) is 5.18. The van der Waals surface area contributed by atoms with Crippen LogP contribution in [0.1, 0.15) is 55.3 Å². The number of likely N-dealkylation sites (tertiary alicyclic amines) is 1. The van der Waals surface area contributed by atoms with Crippen molar-refractivity contribution in [1.29, 1.82) is 0 Å². The zero-order valence-corrected chi connectivity index (χ0v) is 14.7. The molecule has 3 rings (SSSR count). The third-order valence-corrected chi connectivity index (χ3v) is 5.30. The van der Waals surface area contributed by atoms with Crippen LogP contribution in [0.25, 0.3) is 0 Å². The summed E-state index contributed by atoms with van der Waals surface area (Å²) in [5.74, 6) is 0.776. The van der Waals surface area contributed by atoms with Crippen LogP contribution in [-0.2, 0) is 0 Å². The molecule has 2 aliphatic rings. The Labute approximate surface area is 149 Å². The maximum absolute atomic E-state index is 12.4. The van der Waals surface area contributed by atoms with E-state index in [0.29, 0.717) is 18.7 Å². The first kappa shape index (κ1) is 17.7. The zero-order valence-electron chi connectivity index (χ0n) is 14.7. The van der Waals surface area contributed by atoms with Gasteiger partial charge in [-0.2, -0.15) is 0 Å². The molecule has 0 bridgehead atoms. The molecule has 136 valence electrons. The van der Waals surface area contributed by atoms with E-state index in [1.165, 1.54) is 32.1 Å². The van der Waals surface area contributed by atoms with Gasteiger partial charge in [0.05, 0.1) is 0 Å². The maximum Gasteiger partial charge on any atom is 0.315 e. The van der Waals surface area contributed by atoms with E-state index < -0.39 is 0 Å². The van der Waals surface area contributed by atoms with Crippen molar-refractivity contribution in [1.82, 2.24) is 20.5 Å². The normalized spacial score (nSPS) is 21.1. The van der Waals surface area contributed by atoms with Crippen LogP contribution in [0.2, 0.25) is 0 Å². The summed E-state index contributed by atoms with van der Waals surface area (Å²) in [6.07, 6.45) is 11.8. The van der Waals surface area contributed by atoms with E-state index in [0.717, 1.165) is 25.3 Å². The number of carbonyl (C=O) groups excluding carboxylic acids is 2. The molecule has 0 radical (unpaired) electrons. The average Bonchev–Trinajstić information content (AvgIpc) is 3.11. The van der Waals surface area contributed by atoms with Crippen LogP contribution in [0.15, 0.2) is 24.5 Å². The quantitative estimate of drug-likeness (QED) is 0.862. The van der Waals surface area contributed by atoms with Crippen LogP contribution in [0, 0.1) is 5.92 Å². The average molecular weight is 344 g/mol. The fourth-order valence-corrected chi connectivity index (χ4v) is 3.84. The van der Waals surface area contributed by atoms with Crippen molar-refractivity contribution in [3.63, 3.8) is 0 Å². The molecule has 1 aromatic heterocycles. The minimum absolute atomic E-state index is 0.00408. The number of hydrogen-bond donors (Lipinski definition) is 2. The Hall–Kier alpha value is -2.11. The summed E-state index contributed by atoms with van der Waals surface area (Å²) in [6.45, 7) is 1.98. The van der Waals surface area contributed by atoms with Gasteiger partial charge in [0.25, 0.3) is 5.91 Å². The molecule has 2 heterocycles. The van der Waals surface area contributed by atoms with E-state index in [1.54, 1.807) is 29.4 Å². The fourth-order valence-electron chi connectivity index (χ4n) is 3.84. The highest BCUT2D eigenvalue weighted by atomic mass is 16.2. The molecule has 1 aliphatic heterocycles. The van der Waals surface area contributed by atoms with Crippen LogP contribution in [0.3, 0.4) is 0 Å². The number of urea groups is 1. The fraction of sp³-hybridized carbons (Fsp3) is 0.632. The largest absolute Gasteiger partial charge is 0.338 e. The van der Waals surface area contributed by atoms with Crippen molar-refractivity contribution in [2.75, 3.05) is 19.6 Å². The predicted octanol–water partition coefficient (Wildman–Crippen LogP) is 2.57. The maximum atomic E-state index is 12.4. The van der Waals surface area contributed by atoms with Gasteiger partial charge in [0, 0.05) is 43.6 Å². The second kappa shape index (κ2) is 8.83. The zero-order chi connectivity index (χ0) is 17.5. The lowest BCUT2D eigenvalue weighted by molar-refractivity contribution is 0.0789. The molecular weight excluding hydrogens is 316 g/mol. The van der Waals surface area contributed by atoms with Crippen LogP contribution < -0.4 is 10.6 Å². The Kier molecular flexibility index (Phi) is 6.25. The van der Waals surface area contributed by atoms with Gasteiger partial charge in [0.15, 0.2) is 0 Å². The minimum Gasteiger partial charge on any atom is -0.338 e. The van der Waals surface area contributed by atoms with E-state index in [2.05, 4.69) is 15.6 Å². The van der Waals surface area contributed by atoms with Crippen molar-refractivity contribution < 1.29 is 9.59 Å². The van der Waals surface area contributed by atoms with E-state index in [-0.39, 0.29) is 18.0 Å². The van der Waals surface area contributed by atoms with Crippen LogP contribution >= 0.6 is 0 Å². The molecule has 1 atom stereocenters. The Balaban J connectivity index is 1.36. The van der Waals surface area contributed by atoms with Gasteiger partial charge in [-0.15, -0.1) is 0 Å². The number of nitrogens with zero attached hydrogens (tertiary/aromatic N) is 2. The predicted molar refractivity (Wildman–Crippen MR) is 96.3 cm³/mol. The Morgan fingerprint density at radius 2 is 1.88 bits per heavy atom. The molecule has 6 heteroatoms. The highest BCUT2D eigenvalue weighted by Gasteiger charge is 2.27. The molecule has 2 N–H and O–H groups in total. The summed E-state index contributed by atoms with van der Waals surface area (Å²) in [7, 11) is 0. The molecule has 0 unspecified atom stereocenters. The van der Waals surface area contributed by atoms with Gasteiger partial charge in [-0.1, -0.05) is 32.1 Å².